The molecule has 0 spiro atoms. The number of carbonyl (C=O) groups is 1. The van der Waals surface area contributed by atoms with Crippen LogP contribution in [0.15, 0.2) is 24.3 Å². The van der Waals surface area contributed by atoms with E-state index in [0.29, 0.717) is 6.61 Å². The highest BCUT2D eigenvalue weighted by Crippen LogP contribution is 2.25. The van der Waals surface area contributed by atoms with Gasteiger partial charge in [-0.05, 0) is 31.2 Å². The second kappa shape index (κ2) is 4.84. The third-order valence-corrected chi connectivity index (χ3v) is 3.10. The van der Waals surface area contributed by atoms with Gasteiger partial charge in [-0.3, -0.25) is 4.79 Å². The molecule has 0 atom stereocenters. The lowest BCUT2D eigenvalue weighted by molar-refractivity contribution is 0.0931. The molecule has 3 nitrogen and oxygen atoms in total. The van der Waals surface area contributed by atoms with Crippen molar-refractivity contribution in [1.29, 1.82) is 0 Å². The first-order chi connectivity index (χ1) is 8.54. The minimum absolute atomic E-state index is 0.0133. The van der Waals surface area contributed by atoms with E-state index in [-0.39, 0.29) is 11.7 Å². The maximum absolute atomic E-state index is 12.1. The Labute approximate surface area is 107 Å². The van der Waals surface area contributed by atoms with Gasteiger partial charge in [0, 0.05) is 23.9 Å². The normalized spacial score (nSPS) is 11.2. The van der Waals surface area contributed by atoms with Crippen molar-refractivity contribution in [3.8, 4) is 5.75 Å². The fourth-order valence-electron chi connectivity index (χ4n) is 2.12. The Hall–Kier alpha value is -1.77. The van der Waals surface area contributed by atoms with E-state index < -0.39 is 0 Å². The number of nitrogens with zero attached hydrogens (tertiary/aromatic N) is 1. The molecule has 1 aromatic carbocycles. The van der Waals surface area contributed by atoms with Gasteiger partial charge in [-0.1, -0.05) is 13.8 Å². The van der Waals surface area contributed by atoms with Crippen LogP contribution in [-0.2, 0) is 7.05 Å². The zero-order valence-electron chi connectivity index (χ0n) is 11.4. The van der Waals surface area contributed by atoms with Gasteiger partial charge in [-0.25, -0.2) is 0 Å². The molecule has 0 radical (unpaired) electrons. The molecule has 0 amide bonds. The molecule has 96 valence electrons. The fraction of sp³-hybridized carbons (Fsp3) is 0.400. The third kappa shape index (κ3) is 2.13. The molecule has 0 N–H and O–H groups in total. The largest absolute Gasteiger partial charge is 0.494 e. The van der Waals surface area contributed by atoms with Crippen molar-refractivity contribution in [3.63, 3.8) is 0 Å². The molecule has 0 aliphatic carbocycles. The number of aryl methyl sites for hydroxylation is 1. The van der Waals surface area contributed by atoms with Gasteiger partial charge in [0.25, 0.3) is 0 Å². The Bertz CT molecular complexity index is 581. The summed E-state index contributed by atoms with van der Waals surface area (Å²) in [5.74, 6) is 1.03. The van der Waals surface area contributed by atoms with E-state index in [1.807, 2.05) is 56.7 Å². The Kier molecular flexibility index (Phi) is 3.41. The van der Waals surface area contributed by atoms with Crippen molar-refractivity contribution in [2.24, 2.45) is 13.0 Å². The second-order valence-electron chi connectivity index (χ2n) is 4.76. The number of ketones is 1. The first-order valence-electron chi connectivity index (χ1n) is 6.31. The summed E-state index contributed by atoms with van der Waals surface area (Å²) in [7, 11) is 1.93. The first kappa shape index (κ1) is 12.7. The van der Waals surface area contributed by atoms with Crippen LogP contribution in [0.25, 0.3) is 10.9 Å². The molecule has 2 aromatic rings. The van der Waals surface area contributed by atoms with E-state index in [2.05, 4.69) is 0 Å². The zero-order chi connectivity index (χ0) is 13.3. The summed E-state index contributed by atoms with van der Waals surface area (Å²) in [6.45, 7) is 6.45. The van der Waals surface area contributed by atoms with E-state index in [1.54, 1.807) is 0 Å². The molecule has 1 heterocycles. The molecule has 1 aromatic heterocycles. The van der Waals surface area contributed by atoms with E-state index in [4.69, 9.17) is 4.74 Å². The van der Waals surface area contributed by atoms with Gasteiger partial charge in [0.05, 0.1) is 12.3 Å². The number of Topliss-reactive ketones (excluding diaryl/α,β-unsaturated/α-hetero) is 1. The minimum Gasteiger partial charge on any atom is -0.494 e. The highest BCUT2D eigenvalue weighted by Gasteiger charge is 2.16. The van der Waals surface area contributed by atoms with E-state index in [1.165, 1.54) is 0 Å². The lowest BCUT2D eigenvalue weighted by Gasteiger charge is -2.06. The monoisotopic (exact) mass is 245 g/mol. The maximum atomic E-state index is 12.1. The van der Waals surface area contributed by atoms with Crippen LogP contribution < -0.4 is 4.74 Å². The highest BCUT2D eigenvalue weighted by molar-refractivity contribution is 6.01. The van der Waals surface area contributed by atoms with Crippen LogP contribution in [0.5, 0.6) is 5.75 Å². The Morgan fingerprint density at radius 2 is 2.06 bits per heavy atom. The van der Waals surface area contributed by atoms with Gasteiger partial charge in [0.15, 0.2) is 5.78 Å². The summed E-state index contributed by atoms with van der Waals surface area (Å²) in [6.07, 6.45) is 0. The zero-order valence-corrected chi connectivity index (χ0v) is 11.4. The number of aromatic nitrogens is 1. The lowest BCUT2D eigenvalue weighted by Crippen LogP contribution is -2.11. The number of hydrogen-bond acceptors (Lipinski definition) is 2. The molecule has 0 saturated carbocycles. The van der Waals surface area contributed by atoms with Gasteiger partial charge in [-0.15, -0.1) is 0 Å². The van der Waals surface area contributed by atoms with Crippen LogP contribution in [-0.4, -0.2) is 17.0 Å². The average molecular weight is 245 g/mol. The van der Waals surface area contributed by atoms with Crippen molar-refractivity contribution in [2.45, 2.75) is 20.8 Å². The molecule has 0 fully saturated rings. The number of rotatable bonds is 4. The van der Waals surface area contributed by atoms with Gasteiger partial charge in [0.1, 0.15) is 5.75 Å². The number of carbonyl (C=O) groups excluding carboxylic acids is 1. The molecular weight excluding hydrogens is 226 g/mol. The van der Waals surface area contributed by atoms with Crippen molar-refractivity contribution < 1.29 is 9.53 Å². The van der Waals surface area contributed by atoms with Crippen LogP contribution >= 0.6 is 0 Å². The van der Waals surface area contributed by atoms with Gasteiger partial charge in [-0.2, -0.15) is 0 Å². The standard InChI is InChI=1S/C15H19NO2/c1-5-18-12-6-7-13-11(8-12)9-14(16(13)4)15(17)10(2)3/h6-10H,5H2,1-4H3. The summed E-state index contributed by atoms with van der Waals surface area (Å²) in [5, 5.41) is 1.05. The summed E-state index contributed by atoms with van der Waals surface area (Å²) in [4.78, 5) is 12.1. The molecule has 2 rings (SSSR count). The summed E-state index contributed by atoms with van der Waals surface area (Å²) in [6, 6.07) is 7.86. The Morgan fingerprint density at radius 1 is 1.33 bits per heavy atom. The fourth-order valence-corrected chi connectivity index (χ4v) is 2.12. The van der Waals surface area contributed by atoms with Gasteiger partial charge >= 0.3 is 0 Å². The summed E-state index contributed by atoms with van der Waals surface area (Å²) in [5.41, 5.74) is 1.82. The third-order valence-electron chi connectivity index (χ3n) is 3.10. The van der Waals surface area contributed by atoms with Gasteiger partial charge in [0.2, 0.25) is 0 Å². The number of ether oxygens (including phenoxy) is 1. The maximum Gasteiger partial charge on any atom is 0.181 e. The highest BCUT2D eigenvalue weighted by atomic mass is 16.5. The molecule has 0 aliphatic rings. The molecule has 0 saturated heterocycles. The van der Waals surface area contributed by atoms with Crippen molar-refractivity contribution in [2.75, 3.05) is 6.61 Å². The Morgan fingerprint density at radius 3 is 2.67 bits per heavy atom. The number of benzene rings is 1. The summed E-state index contributed by atoms with van der Waals surface area (Å²) >= 11 is 0. The predicted molar refractivity (Wildman–Crippen MR) is 73.3 cm³/mol. The van der Waals surface area contributed by atoms with E-state index in [9.17, 15) is 4.79 Å². The molecule has 0 unspecified atom stereocenters. The van der Waals surface area contributed by atoms with Crippen molar-refractivity contribution in [3.05, 3.63) is 30.0 Å². The lowest BCUT2D eigenvalue weighted by atomic mass is 10.1. The molecule has 0 aliphatic heterocycles. The minimum atomic E-state index is 0.0133. The predicted octanol–water partition coefficient (Wildman–Crippen LogP) is 3.42. The second-order valence-corrected chi connectivity index (χ2v) is 4.76. The molecule has 18 heavy (non-hydrogen) atoms. The van der Waals surface area contributed by atoms with Crippen LogP contribution in [0, 0.1) is 5.92 Å². The first-order valence-corrected chi connectivity index (χ1v) is 6.31. The number of fused-ring (bicyclic) bond motifs is 1. The van der Waals surface area contributed by atoms with Gasteiger partial charge < -0.3 is 9.30 Å². The van der Waals surface area contributed by atoms with Crippen LogP contribution in [0.2, 0.25) is 0 Å². The van der Waals surface area contributed by atoms with Crippen molar-refractivity contribution in [1.82, 2.24) is 4.57 Å². The van der Waals surface area contributed by atoms with E-state index >= 15 is 0 Å². The van der Waals surface area contributed by atoms with Crippen LogP contribution in [0.1, 0.15) is 31.3 Å². The van der Waals surface area contributed by atoms with Crippen molar-refractivity contribution >= 4 is 16.7 Å². The Balaban J connectivity index is 2.52. The smallest absolute Gasteiger partial charge is 0.181 e. The van der Waals surface area contributed by atoms with E-state index in [0.717, 1.165) is 22.3 Å². The number of hydrogen-bond donors (Lipinski definition) is 0. The molecule has 0 bridgehead atoms. The summed E-state index contributed by atoms with van der Waals surface area (Å²) < 4.78 is 7.43. The SMILES string of the molecule is CCOc1ccc2c(c1)cc(C(=O)C(C)C)n2C. The quantitative estimate of drug-likeness (QED) is 0.773. The van der Waals surface area contributed by atoms with Crippen LogP contribution in [0.4, 0.5) is 0 Å². The molecule has 3 heteroatoms. The molecular formula is C15H19NO2. The topological polar surface area (TPSA) is 31.2 Å². The average Bonchev–Trinajstić information content (AvgIpc) is 2.66. The van der Waals surface area contributed by atoms with Crippen LogP contribution in [0.3, 0.4) is 0 Å².